The molecule has 1 unspecified atom stereocenters. The predicted octanol–water partition coefficient (Wildman–Crippen LogP) is 20.0. The van der Waals surface area contributed by atoms with Crippen LogP contribution in [0.25, 0.3) is 0 Å². The second-order valence-electron chi connectivity index (χ2n) is 19.1. The molecule has 392 valence electrons. The molecule has 0 rings (SSSR count). The highest BCUT2D eigenvalue weighted by Gasteiger charge is 2.17. The minimum atomic E-state index is -0.555. The Morgan fingerprint density at radius 1 is 0.338 bits per heavy atom. The third-order valence-electron chi connectivity index (χ3n) is 12.4. The van der Waals surface area contributed by atoms with Gasteiger partial charge < -0.3 is 14.2 Å². The van der Waals surface area contributed by atoms with E-state index in [1.807, 2.05) is 0 Å². The summed E-state index contributed by atoms with van der Waals surface area (Å²) in [5, 5.41) is 0. The van der Waals surface area contributed by atoms with Crippen LogP contribution in [0.2, 0.25) is 0 Å². The van der Waals surface area contributed by atoms with E-state index in [0.717, 1.165) is 116 Å². The molecule has 0 aromatic carbocycles. The number of hydrogen-bond donors (Lipinski definition) is 0. The zero-order valence-corrected chi connectivity index (χ0v) is 45.1. The molecule has 0 amide bonds. The summed E-state index contributed by atoms with van der Waals surface area (Å²) in [6.07, 6.45) is 77.5. The predicted molar refractivity (Wildman–Crippen MR) is 297 cm³/mol. The van der Waals surface area contributed by atoms with Gasteiger partial charge in [-0.3, -0.25) is 9.59 Å². The summed E-state index contributed by atoms with van der Waals surface area (Å²) in [5.74, 6) is -0.428. The molecule has 68 heavy (non-hydrogen) atoms. The average molecular weight is 948 g/mol. The Kier molecular flexibility index (Phi) is 55.9. The van der Waals surface area contributed by atoms with E-state index in [-0.39, 0.29) is 25.2 Å². The van der Waals surface area contributed by atoms with Crippen LogP contribution in [0.15, 0.2) is 85.1 Å². The van der Waals surface area contributed by atoms with E-state index < -0.39 is 6.10 Å². The van der Waals surface area contributed by atoms with Crippen molar-refractivity contribution in [3.63, 3.8) is 0 Å². The van der Waals surface area contributed by atoms with E-state index in [4.69, 9.17) is 14.2 Å². The highest BCUT2D eigenvalue weighted by molar-refractivity contribution is 5.70. The molecule has 0 saturated heterocycles. The van der Waals surface area contributed by atoms with Crippen LogP contribution < -0.4 is 0 Å². The van der Waals surface area contributed by atoms with Gasteiger partial charge in [0.1, 0.15) is 6.61 Å². The first-order chi connectivity index (χ1) is 33.6. The molecule has 0 aliphatic heterocycles. The Bertz CT molecular complexity index is 1250. The van der Waals surface area contributed by atoms with Crippen molar-refractivity contribution < 1.29 is 23.8 Å². The Balaban J connectivity index is 4.32. The summed E-state index contributed by atoms with van der Waals surface area (Å²) >= 11 is 0. The lowest BCUT2D eigenvalue weighted by atomic mass is 10.0. The van der Waals surface area contributed by atoms with Crippen LogP contribution in [0.4, 0.5) is 0 Å². The molecule has 0 saturated carbocycles. The molecule has 0 radical (unpaired) electrons. The lowest BCUT2D eigenvalue weighted by Gasteiger charge is -2.18. The molecule has 0 fully saturated rings. The Morgan fingerprint density at radius 2 is 0.662 bits per heavy atom. The first-order valence-corrected chi connectivity index (χ1v) is 29.1. The lowest BCUT2D eigenvalue weighted by molar-refractivity contribution is -0.163. The van der Waals surface area contributed by atoms with E-state index >= 15 is 0 Å². The van der Waals surface area contributed by atoms with Gasteiger partial charge in [0.15, 0.2) is 6.10 Å². The second kappa shape index (κ2) is 58.4. The standard InChI is InChI=1S/C63H110O5/c1-4-7-10-13-16-19-22-25-28-31-34-37-40-43-46-49-52-55-58-66-59-61(68-63(65)57-54-51-48-45-42-39-36-33-30-27-24-21-18-15-12-9-6-3)60-67-62(64)56-53-50-47-44-41-38-35-32-29-26-23-20-17-14-11-8-5-2/h8-9,11-12,17-18,20-21,26-27,29-30,35,38,61H,4-7,10,13-16,19,22-25,28,31-34,36-37,39-60H2,1-3H3/b11-8-,12-9-,20-17-,21-18-,29-26-,30-27-,38-35-. The van der Waals surface area contributed by atoms with Crippen molar-refractivity contribution in [2.24, 2.45) is 0 Å². The van der Waals surface area contributed by atoms with Gasteiger partial charge in [-0.2, -0.15) is 0 Å². The fourth-order valence-corrected chi connectivity index (χ4v) is 8.16. The van der Waals surface area contributed by atoms with Crippen molar-refractivity contribution >= 4 is 11.9 Å². The molecule has 0 spiro atoms. The number of carbonyl (C=O) groups excluding carboxylic acids is 2. The summed E-state index contributed by atoms with van der Waals surface area (Å²) in [5.41, 5.74) is 0. The number of esters is 2. The number of carbonyl (C=O) groups is 2. The number of ether oxygens (including phenoxy) is 3. The zero-order valence-electron chi connectivity index (χ0n) is 45.1. The van der Waals surface area contributed by atoms with E-state index in [1.165, 1.54) is 128 Å². The molecule has 0 N–H and O–H groups in total. The first kappa shape index (κ1) is 65.1. The molecule has 5 heteroatoms. The summed E-state index contributed by atoms with van der Waals surface area (Å²) < 4.78 is 17.5. The van der Waals surface area contributed by atoms with E-state index in [2.05, 4.69) is 106 Å². The molecule has 5 nitrogen and oxygen atoms in total. The van der Waals surface area contributed by atoms with Gasteiger partial charge in [0, 0.05) is 19.4 Å². The van der Waals surface area contributed by atoms with Gasteiger partial charge in [-0.1, -0.05) is 260 Å². The van der Waals surface area contributed by atoms with Crippen molar-refractivity contribution in [1.82, 2.24) is 0 Å². The molecule has 0 heterocycles. The fraction of sp³-hybridized carbons (Fsp3) is 0.746. The van der Waals surface area contributed by atoms with Gasteiger partial charge in [0.05, 0.1) is 6.61 Å². The van der Waals surface area contributed by atoms with Crippen molar-refractivity contribution in [1.29, 1.82) is 0 Å². The molecule has 0 aromatic heterocycles. The Morgan fingerprint density at radius 3 is 1.06 bits per heavy atom. The fourth-order valence-electron chi connectivity index (χ4n) is 8.16. The quantitative estimate of drug-likeness (QED) is 0.0345. The van der Waals surface area contributed by atoms with Gasteiger partial charge in [0.2, 0.25) is 0 Å². The number of allylic oxidation sites excluding steroid dienone is 14. The van der Waals surface area contributed by atoms with Gasteiger partial charge >= 0.3 is 11.9 Å². The smallest absolute Gasteiger partial charge is 0.306 e. The Hall–Kier alpha value is -2.92. The maximum absolute atomic E-state index is 12.9. The highest BCUT2D eigenvalue weighted by atomic mass is 16.6. The third kappa shape index (κ3) is 55.7. The maximum Gasteiger partial charge on any atom is 0.306 e. The molecular weight excluding hydrogens is 837 g/mol. The minimum Gasteiger partial charge on any atom is -0.462 e. The minimum absolute atomic E-state index is 0.0675. The van der Waals surface area contributed by atoms with E-state index in [9.17, 15) is 9.59 Å². The second-order valence-corrected chi connectivity index (χ2v) is 19.1. The molecule has 0 aliphatic rings. The SMILES string of the molecule is CC/C=C\C/C=C\C/C=C\C/C=C\CCCCCCC(=O)OCC(COCCCCCCCCCCCCCCCCCCCC)OC(=O)CCCCCCCCC/C=C\C/C=C\C/C=C\CC. The number of hydrogen-bond acceptors (Lipinski definition) is 5. The first-order valence-electron chi connectivity index (χ1n) is 29.1. The van der Waals surface area contributed by atoms with Crippen LogP contribution in [-0.2, 0) is 23.8 Å². The largest absolute Gasteiger partial charge is 0.462 e. The zero-order chi connectivity index (χ0) is 49.2. The van der Waals surface area contributed by atoms with Crippen LogP contribution >= 0.6 is 0 Å². The molecule has 1 atom stereocenters. The topological polar surface area (TPSA) is 61.8 Å². The van der Waals surface area contributed by atoms with Crippen LogP contribution in [-0.4, -0.2) is 37.9 Å². The Labute approximate surface area is 422 Å². The van der Waals surface area contributed by atoms with Crippen LogP contribution in [0, 0.1) is 0 Å². The average Bonchev–Trinajstić information content (AvgIpc) is 3.34. The van der Waals surface area contributed by atoms with Gasteiger partial charge in [0.25, 0.3) is 0 Å². The van der Waals surface area contributed by atoms with Crippen LogP contribution in [0.3, 0.4) is 0 Å². The normalized spacial score (nSPS) is 12.8. The monoisotopic (exact) mass is 947 g/mol. The third-order valence-corrected chi connectivity index (χ3v) is 12.4. The van der Waals surface area contributed by atoms with Crippen molar-refractivity contribution in [3.8, 4) is 0 Å². The summed E-state index contributed by atoms with van der Waals surface area (Å²) in [6, 6.07) is 0. The van der Waals surface area contributed by atoms with E-state index in [0.29, 0.717) is 19.4 Å². The molecule has 0 aliphatic carbocycles. The molecule has 0 aromatic rings. The van der Waals surface area contributed by atoms with Gasteiger partial charge in [-0.15, -0.1) is 0 Å². The summed E-state index contributed by atoms with van der Waals surface area (Å²) in [7, 11) is 0. The molecular formula is C63H110O5. The van der Waals surface area contributed by atoms with Crippen LogP contribution in [0.1, 0.15) is 278 Å². The highest BCUT2D eigenvalue weighted by Crippen LogP contribution is 2.16. The van der Waals surface area contributed by atoms with E-state index in [1.54, 1.807) is 0 Å². The molecule has 0 bridgehead atoms. The number of unbranched alkanes of at least 4 members (excludes halogenated alkanes) is 28. The van der Waals surface area contributed by atoms with Crippen molar-refractivity contribution in [3.05, 3.63) is 85.1 Å². The van der Waals surface area contributed by atoms with Crippen molar-refractivity contribution in [2.45, 2.75) is 284 Å². The van der Waals surface area contributed by atoms with Gasteiger partial charge in [-0.05, 0) is 89.9 Å². The summed E-state index contributed by atoms with van der Waals surface area (Å²) in [6.45, 7) is 7.61. The van der Waals surface area contributed by atoms with Crippen LogP contribution in [0.5, 0.6) is 0 Å². The van der Waals surface area contributed by atoms with Gasteiger partial charge in [-0.25, -0.2) is 0 Å². The maximum atomic E-state index is 12.9. The lowest BCUT2D eigenvalue weighted by Crippen LogP contribution is -2.30. The summed E-state index contributed by atoms with van der Waals surface area (Å²) in [4.78, 5) is 25.5. The number of rotatable bonds is 53. The van der Waals surface area contributed by atoms with Crippen molar-refractivity contribution in [2.75, 3.05) is 19.8 Å².